The molecule has 2 saturated heterocycles. The minimum absolute atomic E-state index is 0.367. The van der Waals surface area contributed by atoms with Gasteiger partial charge in [0.2, 0.25) is 5.95 Å². The number of nitrogens with one attached hydrogen (secondary N) is 1. The summed E-state index contributed by atoms with van der Waals surface area (Å²) in [4.78, 5) is 10.4. The van der Waals surface area contributed by atoms with Crippen molar-refractivity contribution in [3.8, 4) is 0 Å². The predicted octanol–water partition coefficient (Wildman–Crippen LogP) is 1.92. The third kappa shape index (κ3) is 6.71. The highest BCUT2D eigenvalue weighted by Crippen LogP contribution is 2.16. The Morgan fingerprint density at radius 1 is 1.13 bits per heavy atom. The number of hydrogen-bond donors (Lipinski definition) is 3. The molecular weight excluding hydrogens is 288 g/mol. The summed E-state index contributed by atoms with van der Waals surface area (Å²) in [6, 6.07) is 2.66. The van der Waals surface area contributed by atoms with Crippen LogP contribution in [0.3, 0.4) is 0 Å². The Morgan fingerprint density at radius 3 is 2.52 bits per heavy atom. The average molecular weight is 320 g/mol. The fraction of sp³-hybridized carbons (Fsp3) is 0.765. The van der Waals surface area contributed by atoms with Crippen molar-refractivity contribution >= 4 is 11.8 Å². The number of anilines is 2. The van der Waals surface area contributed by atoms with Gasteiger partial charge in [0.15, 0.2) is 0 Å². The first-order valence-corrected chi connectivity index (χ1v) is 9.06. The molecule has 0 amide bonds. The van der Waals surface area contributed by atoms with Gasteiger partial charge in [0, 0.05) is 25.3 Å². The van der Waals surface area contributed by atoms with Gasteiger partial charge in [0.25, 0.3) is 0 Å². The fourth-order valence-electron chi connectivity index (χ4n) is 3.21. The molecule has 1 aromatic rings. The molecule has 1 aromatic heterocycles. The van der Waals surface area contributed by atoms with Gasteiger partial charge < -0.3 is 21.7 Å². The number of aromatic nitrogens is 2. The van der Waals surface area contributed by atoms with Crippen LogP contribution in [0.1, 0.15) is 51.4 Å². The highest BCUT2D eigenvalue weighted by Gasteiger charge is 2.11. The molecule has 6 nitrogen and oxygen atoms in total. The highest BCUT2D eigenvalue weighted by molar-refractivity contribution is 5.40. The third-order valence-electron chi connectivity index (χ3n) is 4.52. The Kier molecular flexibility index (Phi) is 8.11. The fourth-order valence-corrected chi connectivity index (χ4v) is 3.21. The number of rotatable bonds is 3. The molecule has 0 aromatic carbocycles. The van der Waals surface area contributed by atoms with Crippen LogP contribution < -0.4 is 21.7 Å². The molecule has 0 bridgehead atoms. The van der Waals surface area contributed by atoms with E-state index in [0.29, 0.717) is 5.95 Å². The van der Waals surface area contributed by atoms with E-state index in [1.807, 2.05) is 6.07 Å². The van der Waals surface area contributed by atoms with Crippen LogP contribution in [0.4, 0.5) is 11.8 Å². The van der Waals surface area contributed by atoms with Crippen LogP contribution >= 0.6 is 0 Å². The molecule has 1 atom stereocenters. The van der Waals surface area contributed by atoms with Crippen molar-refractivity contribution in [2.45, 2.75) is 57.4 Å². The molecule has 0 unspecified atom stereocenters. The first-order chi connectivity index (χ1) is 11.3. The molecule has 23 heavy (non-hydrogen) atoms. The molecule has 2 fully saturated rings. The first kappa shape index (κ1) is 17.9. The van der Waals surface area contributed by atoms with E-state index in [0.717, 1.165) is 37.9 Å². The topological polar surface area (TPSA) is 93.1 Å². The summed E-state index contributed by atoms with van der Waals surface area (Å²) in [6.07, 6.45) is 12.1. The Hall–Kier alpha value is -1.40. The van der Waals surface area contributed by atoms with E-state index in [1.54, 1.807) is 6.20 Å². The minimum atomic E-state index is 0.367. The maximum Gasteiger partial charge on any atom is 0.221 e. The quantitative estimate of drug-likeness (QED) is 0.788. The SMILES string of the molecule is NCC[C@@H]1CCCCN1.Nc1nccc(N2CCCCCC2)n1. The second-order valence-corrected chi connectivity index (χ2v) is 6.40. The van der Waals surface area contributed by atoms with Gasteiger partial charge in [-0.15, -0.1) is 0 Å². The van der Waals surface area contributed by atoms with Crippen molar-refractivity contribution < 1.29 is 0 Å². The largest absolute Gasteiger partial charge is 0.368 e. The van der Waals surface area contributed by atoms with Gasteiger partial charge in [0.05, 0.1) is 0 Å². The van der Waals surface area contributed by atoms with Gasteiger partial charge in [-0.3, -0.25) is 0 Å². The zero-order valence-corrected chi connectivity index (χ0v) is 14.2. The van der Waals surface area contributed by atoms with Crippen LogP contribution in [0.15, 0.2) is 12.3 Å². The molecule has 2 aliphatic rings. The molecule has 5 N–H and O–H groups in total. The lowest BCUT2D eigenvalue weighted by molar-refractivity contribution is 0.386. The number of nitrogen functional groups attached to an aromatic ring is 1. The van der Waals surface area contributed by atoms with Crippen LogP contribution in [0.25, 0.3) is 0 Å². The van der Waals surface area contributed by atoms with Crippen LogP contribution in [-0.4, -0.2) is 42.2 Å². The molecule has 3 heterocycles. The summed E-state index contributed by atoms with van der Waals surface area (Å²) in [5.41, 5.74) is 11.0. The summed E-state index contributed by atoms with van der Waals surface area (Å²) in [5, 5.41) is 3.44. The van der Waals surface area contributed by atoms with Gasteiger partial charge in [-0.25, -0.2) is 4.98 Å². The Labute approximate surface area is 140 Å². The molecule has 6 heteroatoms. The van der Waals surface area contributed by atoms with Crippen molar-refractivity contribution in [2.24, 2.45) is 5.73 Å². The lowest BCUT2D eigenvalue weighted by Crippen LogP contribution is -2.35. The Bertz CT molecular complexity index is 422. The lowest BCUT2D eigenvalue weighted by atomic mass is 10.0. The molecule has 130 valence electrons. The van der Waals surface area contributed by atoms with E-state index in [1.165, 1.54) is 51.5 Å². The van der Waals surface area contributed by atoms with E-state index >= 15 is 0 Å². The molecule has 0 saturated carbocycles. The smallest absolute Gasteiger partial charge is 0.221 e. The normalized spacial score (nSPS) is 22.0. The van der Waals surface area contributed by atoms with E-state index in [4.69, 9.17) is 11.5 Å². The van der Waals surface area contributed by atoms with Crippen molar-refractivity contribution in [1.82, 2.24) is 15.3 Å². The average Bonchev–Trinajstić information content (AvgIpc) is 2.86. The van der Waals surface area contributed by atoms with Gasteiger partial charge in [-0.1, -0.05) is 19.3 Å². The Balaban J connectivity index is 0.000000185. The summed E-state index contributed by atoms with van der Waals surface area (Å²) in [7, 11) is 0. The molecule has 0 spiro atoms. The zero-order valence-electron chi connectivity index (χ0n) is 14.2. The van der Waals surface area contributed by atoms with Crippen molar-refractivity contribution in [1.29, 1.82) is 0 Å². The van der Waals surface area contributed by atoms with Crippen molar-refractivity contribution in [3.05, 3.63) is 12.3 Å². The minimum Gasteiger partial charge on any atom is -0.368 e. The maximum atomic E-state index is 5.56. The van der Waals surface area contributed by atoms with Crippen LogP contribution in [0.2, 0.25) is 0 Å². The zero-order chi connectivity index (χ0) is 16.3. The predicted molar refractivity (Wildman–Crippen MR) is 96.4 cm³/mol. The number of nitrogens with two attached hydrogens (primary N) is 2. The van der Waals surface area contributed by atoms with Gasteiger partial charge >= 0.3 is 0 Å². The molecule has 0 aliphatic carbocycles. The molecular formula is C17H32N6. The van der Waals surface area contributed by atoms with Crippen LogP contribution in [0, 0.1) is 0 Å². The summed E-state index contributed by atoms with van der Waals surface area (Å²) >= 11 is 0. The second-order valence-electron chi connectivity index (χ2n) is 6.40. The van der Waals surface area contributed by atoms with Crippen molar-refractivity contribution in [3.63, 3.8) is 0 Å². The van der Waals surface area contributed by atoms with Crippen LogP contribution in [0.5, 0.6) is 0 Å². The van der Waals surface area contributed by atoms with E-state index in [2.05, 4.69) is 20.2 Å². The van der Waals surface area contributed by atoms with E-state index in [9.17, 15) is 0 Å². The number of hydrogen-bond acceptors (Lipinski definition) is 6. The lowest BCUT2D eigenvalue weighted by Gasteiger charge is -2.22. The highest BCUT2D eigenvalue weighted by atomic mass is 15.2. The van der Waals surface area contributed by atoms with Crippen LogP contribution in [-0.2, 0) is 0 Å². The van der Waals surface area contributed by atoms with Gasteiger partial charge in [-0.2, -0.15) is 4.98 Å². The first-order valence-electron chi connectivity index (χ1n) is 9.06. The molecule has 0 radical (unpaired) electrons. The second kappa shape index (κ2) is 10.4. The summed E-state index contributed by atoms with van der Waals surface area (Å²) in [5.74, 6) is 1.34. The maximum absolute atomic E-state index is 5.56. The number of nitrogens with zero attached hydrogens (tertiary/aromatic N) is 3. The number of piperidine rings is 1. The molecule has 2 aliphatic heterocycles. The summed E-state index contributed by atoms with van der Waals surface area (Å²) < 4.78 is 0. The van der Waals surface area contributed by atoms with E-state index < -0.39 is 0 Å². The van der Waals surface area contributed by atoms with Gasteiger partial charge in [0.1, 0.15) is 5.82 Å². The standard InChI is InChI=1S/C10H16N4.C7H16N2/c11-10-12-6-5-9(13-10)14-7-3-1-2-4-8-14;8-5-4-7-3-1-2-6-9-7/h5-6H,1-4,7-8H2,(H2,11,12,13);7,9H,1-6,8H2/t;7-/m.0/s1. The van der Waals surface area contributed by atoms with Gasteiger partial charge in [-0.05, 0) is 51.3 Å². The molecule has 3 rings (SSSR count). The summed E-state index contributed by atoms with van der Waals surface area (Å²) in [6.45, 7) is 4.22. The third-order valence-corrected chi connectivity index (χ3v) is 4.52. The monoisotopic (exact) mass is 320 g/mol. The Morgan fingerprint density at radius 2 is 1.91 bits per heavy atom. The van der Waals surface area contributed by atoms with Crippen molar-refractivity contribution in [2.75, 3.05) is 36.8 Å². The van der Waals surface area contributed by atoms with E-state index in [-0.39, 0.29) is 0 Å².